The Balaban J connectivity index is 1.98. The van der Waals surface area contributed by atoms with Crippen LogP contribution in [0.15, 0.2) is 49.6 Å². The average Bonchev–Trinajstić information content (AvgIpc) is 3.38. The average molecular weight is 595 g/mol. The zero-order valence-electron chi connectivity index (χ0n) is 26.7. The second kappa shape index (κ2) is 13.2. The number of alkyl carbamates (subject to hydrolysis) is 1. The van der Waals surface area contributed by atoms with Crippen LogP contribution in [0.1, 0.15) is 58.6 Å². The fraction of sp³-hybridized carbons (Fsp3) is 0.500. The number of hydrogen-bond acceptors (Lipinski definition) is 7. The van der Waals surface area contributed by atoms with Gasteiger partial charge in [-0.25, -0.2) is 9.59 Å². The lowest BCUT2D eigenvalue weighted by molar-refractivity contribution is -0.152. The Morgan fingerprint density at radius 3 is 2.33 bits per heavy atom. The normalized spacial score (nSPS) is 19.4. The number of hydrogen-bond donors (Lipinski definition) is 1. The van der Waals surface area contributed by atoms with Crippen molar-refractivity contribution in [2.75, 3.05) is 34.5 Å². The SMILES string of the molecule is C=CCC(C)(C)COC(=O)N[C@H](C(=O)N1C[C@](OC)(c2ccc3cc(OC)c(C=C)cc3c2)C[C@H]1C(=O)OC)C(C)(C)C. The molecule has 3 rings (SSSR count). The van der Waals surface area contributed by atoms with Gasteiger partial charge in [0.25, 0.3) is 0 Å². The third-order valence-corrected chi connectivity index (χ3v) is 8.07. The smallest absolute Gasteiger partial charge is 0.407 e. The minimum absolute atomic E-state index is 0.0771. The predicted molar refractivity (Wildman–Crippen MR) is 168 cm³/mol. The molecule has 1 fully saturated rings. The van der Waals surface area contributed by atoms with Crippen molar-refractivity contribution in [3.63, 3.8) is 0 Å². The van der Waals surface area contributed by atoms with E-state index < -0.39 is 41.1 Å². The number of amides is 2. The van der Waals surface area contributed by atoms with E-state index in [2.05, 4.69) is 18.5 Å². The van der Waals surface area contributed by atoms with Crippen molar-refractivity contribution in [1.82, 2.24) is 10.2 Å². The standard InChI is InChI=1S/C34H46N2O7/c1-11-15-33(6,7)21-43-31(39)35-28(32(3,4)5)29(37)36-20-34(42-10,19-26(36)30(38)41-9)25-14-13-23-18-27(40-8)22(12-2)16-24(23)17-25/h11-14,16-18,26,28H,1-2,15,19-21H2,3-10H3,(H,35,39)/t26-,28+,34-/m0/s1. The van der Waals surface area contributed by atoms with Crippen molar-refractivity contribution in [2.45, 2.75) is 65.1 Å². The molecule has 0 aliphatic carbocycles. The maximum Gasteiger partial charge on any atom is 0.407 e. The molecule has 43 heavy (non-hydrogen) atoms. The second-order valence-electron chi connectivity index (χ2n) is 12.9. The van der Waals surface area contributed by atoms with Gasteiger partial charge in [0.1, 0.15) is 23.4 Å². The number of allylic oxidation sites excluding steroid dienone is 1. The molecule has 0 saturated carbocycles. The largest absolute Gasteiger partial charge is 0.496 e. The Kier molecular flexibility index (Phi) is 10.3. The van der Waals surface area contributed by atoms with Crippen molar-refractivity contribution in [2.24, 2.45) is 10.8 Å². The summed E-state index contributed by atoms with van der Waals surface area (Å²) in [7, 11) is 4.47. The first-order valence-electron chi connectivity index (χ1n) is 14.4. The maximum absolute atomic E-state index is 14.2. The fourth-order valence-corrected chi connectivity index (χ4v) is 5.52. The van der Waals surface area contributed by atoms with Crippen molar-refractivity contribution in [3.8, 4) is 5.75 Å². The zero-order valence-corrected chi connectivity index (χ0v) is 26.7. The van der Waals surface area contributed by atoms with Gasteiger partial charge in [-0.2, -0.15) is 0 Å². The molecule has 2 amide bonds. The number of rotatable bonds is 11. The number of likely N-dealkylation sites (tertiary alicyclic amines) is 1. The van der Waals surface area contributed by atoms with Gasteiger partial charge >= 0.3 is 12.1 Å². The molecule has 1 aliphatic heterocycles. The van der Waals surface area contributed by atoms with Crippen LogP contribution in [0, 0.1) is 10.8 Å². The fourth-order valence-electron chi connectivity index (χ4n) is 5.52. The zero-order chi connectivity index (χ0) is 32.2. The van der Waals surface area contributed by atoms with Gasteiger partial charge < -0.3 is 29.2 Å². The molecule has 1 N–H and O–H groups in total. The minimum Gasteiger partial charge on any atom is -0.496 e. The Morgan fingerprint density at radius 1 is 1.07 bits per heavy atom. The van der Waals surface area contributed by atoms with E-state index in [9.17, 15) is 14.4 Å². The van der Waals surface area contributed by atoms with Gasteiger partial charge in [0, 0.05) is 24.5 Å². The Hall–Kier alpha value is -3.85. The van der Waals surface area contributed by atoms with Crippen LogP contribution in [0.2, 0.25) is 0 Å². The summed E-state index contributed by atoms with van der Waals surface area (Å²) >= 11 is 0. The highest BCUT2D eigenvalue weighted by molar-refractivity contribution is 5.92. The Labute approximate surface area is 255 Å². The first-order chi connectivity index (χ1) is 20.1. The van der Waals surface area contributed by atoms with E-state index >= 15 is 0 Å². The molecular formula is C34H46N2O7. The first kappa shape index (κ1) is 33.6. The van der Waals surface area contributed by atoms with Crippen molar-refractivity contribution in [3.05, 3.63) is 60.7 Å². The molecule has 1 heterocycles. The topological polar surface area (TPSA) is 103 Å². The molecule has 3 atom stereocenters. The van der Waals surface area contributed by atoms with Gasteiger partial charge in [-0.15, -0.1) is 6.58 Å². The molecule has 2 aromatic rings. The summed E-state index contributed by atoms with van der Waals surface area (Å²) < 4.78 is 22.2. The molecule has 9 heteroatoms. The highest BCUT2D eigenvalue weighted by Gasteiger charge is 2.53. The van der Waals surface area contributed by atoms with Gasteiger partial charge in [0.2, 0.25) is 5.91 Å². The molecule has 9 nitrogen and oxygen atoms in total. The molecule has 0 spiro atoms. The molecular weight excluding hydrogens is 548 g/mol. The molecule has 0 bridgehead atoms. The number of methoxy groups -OCH3 is 3. The minimum atomic E-state index is -1.01. The van der Waals surface area contributed by atoms with Crippen LogP contribution in [0.5, 0.6) is 5.75 Å². The number of nitrogens with one attached hydrogen (secondary N) is 1. The van der Waals surface area contributed by atoms with E-state index in [4.69, 9.17) is 18.9 Å². The second-order valence-corrected chi connectivity index (χ2v) is 12.9. The molecule has 1 aliphatic rings. The lowest BCUT2D eigenvalue weighted by Crippen LogP contribution is -2.57. The predicted octanol–water partition coefficient (Wildman–Crippen LogP) is 5.85. The van der Waals surface area contributed by atoms with Crippen LogP contribution in [0.3, 0.4) is 0 Å². The van der Waals surface area contributed by atoms with Crippen molar-refractivity contribution >= 4 is 34.8 Å². The van der Waals surface area contributed by atoms with Gasteiger partial charge in [-0.3, -0.25) is 4.79 Å². The van der Waals surface area contributed by atoms with Gasteiger partial charge in [-0.1, -0.05) is 65.5 Å². The van der Waals surface area contributed by atoms with Crippen molar-refractivity contribution in [1.29, 1.82) is 0 Å². The lowest BCUT2D eigenvalue weighted by Gasteiger charge is -2.35. The molecule has 0 unspecified atom stereocenters. The number of benzene rings is 2. The number of carbonyl (C=O) groups is 3. The number of esters is 1. The van der Waals surface area contributed by atoms with Crippen LogP contribution in [-0.4, -0.2) is 69.4 Å². The van der Waals surface area contributed by atoms with Crippen LogP contribution in [-0.2, 0) is 29.4 Å². The van der Waals surface area contributed by atoms with Crippen LogP contribution >= 0.6 is 0 Å². The third kappa shape index (κ3) is 7.39. The number of ether oxygens (including phenoxy) is 4. The van der Waals surface area contributed by atoms with E-state index in [1.54, 1.807) is 26.4 Å². The molecule has 0 aromatic heterocycles. The Morgan fingerprint density at radius 2 is 1.77 bits per heavy atom. The summed E-state index contributed by atoms with van der Waals surface area (Å²) in [6.07, 6.45) is 3.63. The van der Waals surface area contributed by atoms with Crippen LogP contribution < -0.4 is 10.1 Å². The summed E-state index contributed by atoms with van der Waals surface area (Å²) in [5.74, 6) is -0.277. The number of nitrogens with zero attached hydrogens (tertiary/aromatic N) is 1. The third-order valence-electron chi connectivity index (χ3n) is 8.07. The Bertz CT molecular complexity index is 1380. The van der Waals surface area contributed by atoms with Crippen molar-refractivity contribution < 1.29 is 33.3 Å². The maximum atomic E-state index is 14.2. The molecule has 234 valence electrons. The van der Waals surface area contributed by atoms with E-state index in [0.717, 1.165) is 21.9 Å². The number of carbonyl (C=O) groups excluding carboxylic acids is 3. The van der Waals surface area contributed by atoms with E-state index in [0.29, 0.717) is 12.2 Å². The van der Waals surface area contributed by atoms with Gasteiger partial charge in [0.05, 0.1) is 27.4 Å². The summed E-state index contributed by atoms with van der Waals surface area (Å²) in [6, 6.07) is 7.89. The molecule has 0 radical (unpaired) electrons. The first-order valence-corrected chi connectivity index (χ1v) is 14.4. The lowest BCUT2D eigenvalue weighted by atomic mass is 9.85. The van der Waals surface area contributed by atoms with E-state index in [1.807, 2.05) is 65.0 Å². The molecule has 2 aromatic carbocycles. The van der Waals surface area contributed by atoms with Gasteiger partial charge in [0.15, 0.2) is 0 Å². The summed E-state index contributed by atoms with van der Waals surface area (Å²) in [5, 5.41) is 4.66. The van der Waals surface area contributed by atoms with Crippen LogP contribution in [0.4, 0.5) is 4.79 Å². The monoisotopic (exact) mass is 594 g/mol. The van der Waals surface area contributed by atoms with E-state index in [1.165, 1.54) is 12.0 Å². The van der Waals surface area contributed by atoms with Gasteiger partial charge in [-0.05, 0) is 46.4 Å². The highest BCUT2D eigenvalue weighted by Crippen LogP contribution is 2.42. The molecule has 1 saturated heterocycles. The summed E-state index contributed by atoms with van der Waals surface area (Å²) in [6.45, 7) is 17.3. The van der Waals surface area contributed by atoms with Crippen LogP contribution in [0.25, 0.3) is 16.8 Å². The highest BCUT2D eigenvalue weighted by atomic mass is 16.5. The summed E-state index contributed by atoms with van der Waals surface area (Å²) in [5.41, 5.74) is -0.367. The quantitative estimate of drug-likeness (QED) is 0.257. The van der Waals surface area contributed by atoms with E-state index in [-0.39, 0.29) is 25.0 Å². The summed E-state index contributed by atoms with van der Waals surface area (Å²) in [4.78, 5) is 41.7. The number of fused-ring (bicyclic) bond motifs is 1.